The normalized spacial score (nSPS) is 14.4. The van der Waals surface area contributed by atoms with Crippen molar-refractivity contribution >= 4 is 17.8 Å². The molecule has 1 saturated heterocycles. The Kier molecular flexibility index (Phi) is 5.43. The maximum Gasteiger partial charge on any atom is 0.246 e. The van der Waals surface area contributed by atoms with Crippen molar-refractivity contribution in [1.82, 2.24) is 14.9 Å². The highest BCUT2D eigenvalue weighted by Crippen LogP contribution is 2.21. The summed E-state index contributed by atoms with van der Waals surface area (Å²) in [6, 6.07) is 22.0. The average Bonchev–Trinajstić information content (AvgIpc) is 2.79. The quantitative estimate of drug-likeness (QED) is 0.660. The molecule has 0 bridgehead atoms. The minimum atomic E-state index is 0.0520. The number of nitrogens with zero attached hydrogens (tertiary/aromatic N) is 4. The van der Waals surface area contributed by atoms with E-state index in [9.17, 15) is 4.79 Å². The highest BCUT2D eigenvalue weighted by atomic mass is 16.2. The molecular weight excluding hydrogens is 348 g/mol. The molecule has 5 nitrogen and oxygen atoms in total. The zero-order valence-electron chi connectivity index (χ0n) is 15.6. The van der Waals surface area contributed by atoms with Crippen LogP contribution in [0.25, 0.3) is 17.3 Å². The van der Waals surface area contributed by atoms with Crippen LogP contribution in [-0.2, 0) is 4.79 Å². The van der Waals surface area contributed by atoms with Gasteiger partial charge in [0.05, 0.1) is 5.69 Å². The molecule has 0 radical (unpaired) electrons. The van der Waals surface area contributed by atoms with Crippen molar-refractivity contribution < 1.29 is 4.79 Å². The van der Waals surface area contributed by atoms with E-state index in [0.29, 0.717) is 13.1 Å². The Balaban J connectivity index is 1.38. The van der Waals surface area contributed by atoms with Gasteiger partial charge in [0.1, 0.15) is 12.1 Å². The zero-order chi connectivity index (χ0) is 19.2. The van der Waals surface area contributed by atoms with Gasteiger partial charge >= 0.3 is 0 Å². The third kappa shape index (κ3) is 4.26. The molecule has 1 amide bonds. The van der Waals surface area contributed by atoms with Gasteiger partial charge in [-0.15, -0.1) is 0 Å². The second kappa shape index (κ2) is 8.48. The van der Waals surface area contributed by atoms with Crippen LogP contribution in [-0.4, -0.2) is 47.0 Å². The van der Waals surface area contributed by atoms with Gasteiger partial charge in [0, 0.05) is 43.9 Å². The van der Waals surface area contributed by atoms with E-state index in [1.807, 2.05) is 77.7 Å². The lowest BCUT2D eigenvalue weighted by molar-refractivity contribution is -0.126. The summed E-state index contributed by atoms with van der Waals surface area (Å²) in [4.78, 5) is 25.4. The maximum absolute atomic E-state index is 12.4. The first-order valence-electron chi connectivity index (χ1n) is 9.44. The van der Waals surface area contributed by atoms with Crippen LogP contribution in [0.15, 0.2) is 79.1 Å². The van der Waals surface area contributed by atoms with Gasteiger partial charge in [-0.05, 0) is 11.6 Å². The highest BCUT2D eigenvalue weighted by molar-refractivity contribution is 5.92. The molecule has 0 unspecified atom stereocenters. The molecule has 5 heteroatoms. The first kappa shape index (κ1) is 17.9. The topological polar surface area (TPSA) is 49.3 Å². The van der Waals surface area contributed by atoms with Crippen LogP contribution in [0.1, 0.15) is 5.56 Å². The molecular formula is C23H22N4O. The predicted octanol–water partition coefficient (Wildman–Crippen LogP) is 3.51. The molecule has 0 atom stereocenters. The van der Waals surface area contributed by atoms with Crippen LogP contribution >= 0.6 is 0 Å². The monoisotopic (exact) mass is 370 g/mol. The standard InChI is InChI=1S/C23H22N4O/c28-23(12-11-19-7-3-1-4-8-19)27-15-13-26(14-16-27)22-17-21(24-18-25-22)20-9-5-2-6-10-20/h1-12,17-18H,13-16H2/b12-11-. The number of rotatable bonds is 4. The number of carbonyl (C=O) groups is 1. The van der Waals surface area contributed by atoms with Gasteiger partial charge in [-0.25, -0.2) is 9.97 Å². The summed E-state index contributed by atoms with van der Waals surface area (Å²) >= 11 is 0. The van der Waals surface area contributed by atoms with Crippen molar-refractivity contribution in [2.45, 2.75) is 0 Å². The van der Waals surface area contributed by atoms with Crippen molar-refractivity contribution in [2.75, 3.05) is 31.1 Å². The summed E-state index contributed by atoms with van der Waals surface area (Å²) in [6.07, 6.45) is 5.13. The molecule has 140 valence electrons. The molecule has 1 aliphatic heterocycles. The first-order valence-corrected chi connectivity index (χ1v) is 9.44. The number of hydrogen-bond donors (Lipinski definition) is 0. The van der Waals surface area contributed by atoms with E-state index in [2.05, 4.69) is 14.9 Å². The summed E-state index contributed by atoms with van der Waals surface area (Å²) in [5, 5.41) is 0. The van der Waals surface area contributed by atoms with Crippen LogP contribution < -0.4 is 4.90 Å². The third-order valence-electron chi connectivity index (χ3n) is 4.86. The Morgan fingerprint density at radius 2 is 1.54 bits per heavy atom. The Hall–Kier alpha value is -3.47. The minimum absolute atomic E-state index is 0.0520. The average molecular weight is 370 g/mol. The van der Waals surface area contributed by atoms with Gasteiger partial charge in [0.2, 0.25) is 5.91 Å². The number of carbonyl (C=O) groups excluding carboxylic acids is 1. The number of benzene rings is 2. The number of anilines is 1. The first-order chi connectivity index (χ1) is 13.8. The second-order valence-electron chi connectivity index (χ2n) is 6.68. The zero-order valence-corrected chi connectivity index (χ0v) is 15.6. The Morgan fingerprint density at radius 1 is 0.857 bits per heavy atom. The largest absolute Gasteiger partial charge is 0.353 e. The fourth-order valence-corrected chi connectivity index (χ4v) is 3.28. The number of piperazine rings is 1. The van der Waals surface area contributed by atoms with Gasteiger partial charge < -0.3 is 9.80 Å². The lowest BCUT2D eigenvalue weighted by atomic mass is 10.1. The van der Waals surface area contributed by atoms with E-state index in [0.717, 1.165) is 35.7 Å². The summed E-state index contributed by atoms with van der Waals surface area (Å²) in [7, 11) is 0. The van der Waals surface area contributed by atoms with Crippen molar-refractivity contribution in [3.05, 3.63) is 84.7 Å². The van der Waals surface area contributed by atoms with E-state index in [1.165, 1.54) is 0 Å². The van der Waals surface area contributed by atoms with E-state index < -0.39 is 0 Å². The molecule has 2 aromatic carbocycles. The minimum Gasteiger partial charge on any atom is -0.353 e. The van der Waals surface area contributed by atoms with Crippen LogP contribution in [0.3, 0.4) is 0 Å². The predicted molar refractivity (Wildman–Crippen MR) is 112 cm³/mol. The molecule has 0 N–H and O–H groups in total. The number of amides is 1. The molecule has 0 saturated carbocycles. The molecule has 0 spiro atoms. The van der Waals surface area contributed by atoms with Gasteiger partial charge in [-0.1, -0.05) is 60.7 Å². The van der Waals surface area contributed by atoms with Crippen LogP contribution in [0.5, 0.6) is 0 Å². The van der Waals surface area contributed by atoms with Gasteiger partial charge in [-0.3, -0.25) is 4.79 Å². The molecule has 2 heterocycles. The second-order valence-corrected chi connectivity index (χ2v) is 6.68. The molecule has 3 aromatic rings. The SMILES string of the molecule is O=C(/C=C\c1ccccc1)N1CCN(c2cc(-c3ccccc3)ncn2)CC1. The molecule has 1 fully saturated rings. The Labute approximate surface area is 165 Å². The molecule has 0 aliphatic carbocycles. The van der Waals surface area contributed by atoms with Crippen LogP contribution in [0.4, 0.5) is 5.82 Å². The fraction of sp³-hybridized carbons (Fsp3) is 0.174. The number of hydrogen-bond acceptors (Lipinski definition) is 4. The fourth-order valence-electron chi connectivity index (χ4n) is 3.28. The molecule has 28 heavy (non-hydrogen) atoms. The van der Waals surface area contributed by atoms with Crippen LogP contribution in [0.2, 0.25) is 0 Å². The molecule has 1 aliphatic rings. The maximum atomic E-state index is 12.4. The Bertz CT molecular complexity index is 949. The van der Waals surface area contributed by atoms with Crippen LogP contribution in [0, 0.1) is 0 Å². The Morgan fingerprint density at radius 3 is 2.25 bits per heavy atom. The molecule has 1 aromatic heterocycles. The van der Waals surface area contributed by atoms with E-state index in [-0.39, 0.29) is 5.91 Å². The lowest BCUT2D eigenvalue weighted by Gasteiger charge is -2.35. The summed E-state index contributed by atoms with van der Waals surface area (Å²) < 4.78 is 0. The molecule has 4 rings (SSSR count). The third-order valence-corrected chi connectivity index (χ3v) is 4.86. The highest BCUT2D eigenvalue weighted by Gasteiger charge is 2.21. The number of aromatic nitrogens is 2. The van der Waals surface area contributed by atoms with Crippen molar-refractivity contribution in [3.8, 4) is 11.3 Å². The summed E-state index contributed by atoms with van der Waals surface area (Å²) in [5.74, 6) is 0.956. The van der Waals surface area contributed by atoms with E-state index >= 15 is 0 Å². The van der Waals surface area contributed by atoms with Gasteiger partial charge in [-0.2, -0.15) is 0 Å². The van der Waals surface area contributed by atoms with Crippen molar-refractivity contribution in [2.24, 2.45) is 0 Å². The summed E-state index contributed by atoms with van der Waals surface area (Å²) in [5.41, 5.74) is 3.02. The van der Waals surface area contributed by atoms with E-state index in [1.54, 1.807) is 12.4 Å². The lowest BCUT2D eigenvalue weighted by Crippen LogP contribution is -2.48. The van der Waals surface area contributed by atoms with Gasteiger partial charge in [0.15, 0.2) is 0 Å². The van der Waals surface area contributed by atoms with Gasteiger partial charge in [0.25, 0.3) is 0 Å². The van der Waals surface area contributed by atoms with Crippen molar-refractivity contribution in [3.63, 3.8) is 0 Å². The smallest absolute Gasteiger partial charge is 0.246 e. The van der Waals surface area contributed by atoms with Crippen molar-refractivity contribution in [1.29, 1.82) is 0 Å². The summed E-state index contributed by atoms with van der Waals surface area (Å²) in [6.45, 7) is 2.89. The van der Waals surface area contributed by atoms with E-state index in [4.69, 9.17) is 0 Å².